The van der Waals surface area contributed by atoms with Crippen molar-refractivity contribution >= 4 is 33.4 Å². The molecule has 0 bridgehead atoms. The third-order valence-corrected chi connectivity index (χ3v) is 3.27. The van der Waals surface area contributed by atoms with E-state index in [0.29, 0.717) is 0 Å². The van der Waals surface area contributed by atoms with Gasteiger partial charge in [0.1, 0.15) is 6.04 Å². The van der Waals surface area contributed by atoms with Crippen molar-refractivity contribution in [3.63, 3.8) is 0 Å². The van der Waals surface area contributed by atoms with Crippen molar-refractivity contribution < 1.29 is 22.8 Å². The second-order valence-electron chi connectivity index (χ2n) is 4.01. The highest BCUT2D eigenvalue weighted by Crippen LogP contribution is 2.36. The molecule has 4 nitrogen and oxygen atoms in total. The average molecular weight is 337 g/mol. The van der Waals surface area contributed by atoms with Crippen LogP contribution in [0.4, 0.5) is 18.9 Å². The molecule has 1 aliphatic heterocycles. The maximum Gasteiger partial charge on any atom is 0.417 e. The van der Waals surface area contributed by atoms with Gasteiger partial charge in [0, 0.05) is 10.2 Å². The van der Waals surface area contributed by atoms with E-state index < -0.39 is 29.6 Å². The molecule has 0 spiro atoms. The average Bonchev–Trinajstić information content (AvgIpc) is 2.58. The molecule has 1 atom stereocenters. The van der Waals surface area contributed by atoms with E-state index in [1.54, 1.807) is 0 Å². The molecule has 1 aromatic rings. The Kier molecular flexibility index (Phi) is 3.53. The first-order chi connectivity index (χ1) is 8.77. The number of imide groups is 1. The van der Waals surface area contributed by atoms with E-state index in [9.17, 15) is 22.8 Å². The van der Waals surface area contributed by atoms with Crippen LogP contribution in [0.5, 0.6) is 0 Å². The van der Waals surface area contributed by atoms with Crippen LogP contribution in [0.1, 0.15) is 12.0 Å². The van der Waals surface area contributed by atoms with Crippen molar-refractivity contribution in [2.75, 3.05) is 5.32 Å². The molecule has 0 radical (unpaired) electrons. The van der Waals surface area contributed by atoms with Crippen LogP contribution < -0.4 is 10.6 Å². The van der Waals surface area contributed by atoms with Crippen molar-refractivity contribution in [3.05, 3.63) is 28.2 Å². The van der Waals surface area contributed by atoms with Crippen molar-refractivity contribution in [1.82, 2.24) is 5.32 Å². The molecule has 2 rings (SSSR count). The van der Waals surface area contributed by atoms with E-state index >= 15 is 0 Å². The standard InChI is InChI=1S/C11H8BrF3N2O2/c12-7-2-1-5(3-6(7)11(13,14)15)16-8-4-9(18)17-10(8)19/h1-3,8,16H,4H2,(H,17,18,19). The normalized spacial score (nSPS) is 19.5. The molecule has 102 valence electrons. The van der Waals surface area contributed by atoms with Gasteiger partial charge in [0.25, 0.3) is 0 Å². The number of nitrogens with one attached hydrogen (secondary N) is 2. The van der Waals surface area contributed by atoms with Crippen molar-refractivity contribution in [2.24, 2.45) is 0 Å². The minimum Gasteiger partial charge on any atom is -0.373 e. The Labute approximate surface area is 114 Å². The Hall–Kier alpha value is -1.57. The minimum absolute atomic E-state index is 0.0856. The third kappa shape index (κ3) is 3.06. The predicted molar refractivity (Wildman–Crippen MR) is 64.3 cm³/mol. The van der Waals surface area contributed by atoms with Crippen LogP contribution in [-0.4, -0.2) is 17.9 Å². The summed E-state index contributed by atoms with van der Waals surface area (Å²) >= 11 is 2.82. The summed E-state index contributed by atoms with van der Waals surface area (Å²) in [5, 5.41) is 4.68. The zero-order valence-corrected chi connectivity index (χ0v) is 10.9. The predicted octanol–water partition coefficient (Wildman–Crippen LogP) is 2.29. The molecule has 1 fully saturated rings. The van der Waals surface area contributed by atoms with E-state index in [1.165, 1.54) is 12.1 Å². The number of alkyl halides is 3. The molecule has 19 heavy (non-hydrogen) atoms. The van der Waals surface area contributed by atoms with E-state index in [-0.39, 0.29) is 16.6 Å². The van der Waals surface area contributed by atoms with E-state index in [2.05, 4.69) is 26.6 Å². The van der Waals surface area contributed by atoms with Gasteiger partial charge in [-0.15, -0.1) is 0 Å². The molecule has 1 heterocycles. The number of rotatable bonds is 2. The minimum atomic E-state index is -4.50. The highest BCUT2D eigenvalue weighted by molar-refractivity contribution is 9.10. The maximum atomic E-state index is 12.7. The monoisotopic (exact) mass is 336 g/mol. The zero-order valence-electron chi connectivity index (χ0n) is 9.34. The van der Waals surface area contributed by atoms with Gasteiger partial charge < -0.3 is 5.32 Å². The van der Waals surface area contributed by atoms with Gasteiger partial charge in [-0.05, 0) is 18.2 Å². The topological polar surface area (TPSA) is 58.2 Å². The smallest absolute Gasteiger partial charge is 0.373 e. The maximum absolute atomic E-state index is 12.7. The van der Waals surface area contributed by atoms with Crippen molar-refractivity contribution in [1.29, 1.82) is 0 Å². The zero-order chi connectivity index (χ0) is 14.2. The molecule has 1 saturated heterocycles. The molecule has 1 aliphatic rings. The summed E-state index contributed by atoms with van der Waals surface area (Å²) in [5.41, 5.74) is -0.715. The summed E-state index contributed by atoms with van der Waals surface area (Å²) in [5.74, 6) is -0.989. The number of benzene rings is 1. The van der Waals surface area contributed by atoms with E-state index in [4.69, 9.17) is 0 Å². The molecule has 0 saturated carbocycles. The first kappa shape index (κ1) is 13.9. The second-order valence-corrected chi connectivity index (χ2v) is 4.86. The number of hydrogen-bond acceptors (Lipinski definition) is 3. The lowest BCUT2D eigenvalue weighted by Gasteiger charge is -2.14. The van der Waals surface area contributed by atoms with Crippen LogP contribution in [-0.2, 0) is 15.8 Å². The summed E-state index contributed by atoms with van der Waals surface area (Å²) in [7, 11) is 0. The van der Waals surface area contributed by atoms with Crippen LogP contribution in [0.3, 0.4) is 0 Å². The SMILES string of the molecule is O=C1CC(Nc2ccc(Br)c(C(F)(F)F)c2)C(=O)N1. The fraction of sp³-hybridized carbons (Fsp3) is 0.273. The Morgan fingerprint density at radius 1 is 1.32 bits per heavy atom. The Balaban J connectivity index is 2.23. The second kappa shape index (κ2) is 4.84. The van der Waals surface area contributed by atoms with Crippen LogP contribution in [0.2, 0.25) is 0 Å². The Morgan fingerprint density at radius 3 is 2.53 bits per heavy atom. The molecule has 0 aliphatic carbocycles. The highest BCUT2D eigenvalue weighted by Gasteiger charge is 2.34. The summed E-state index contributed by atoms with van der Waals surface area (Å²) in [6, 6.07) is 2.69. The van der Waals surface area contributed by atoms with Gasteiger partial charge in [0.05, 0.1) is 12.0 Å². The van der Waals surface area contributed by atoms with Gasteiger partial charge in [-0.1, -0.05) is 15.9 Å². The molecule has 8 heteroatoms. The molecule has 1 aromatic carbocycles. The molecule has 1 unspecified atom stereocenters. The largest absolute Gasteiger partial charge is 0.417 e. The van der Waals surface area contributed by atoms with Gasteiger partial charge in [-0.3, -0.25) is 14.9 Å². The van der Waals surface area contributed by atoms with E-state index in [0.717, 1.165) is 6.07 Å². The lowest BCUT2D eigenvalue weighted by Crippen LogP contribution is -2.30. The van der Waals surface area contributed by atoms with Crippen LogP contribution in [0.15, 0.2) is 22.7 Å². The number of carbonyl (C=O) groups is 2. The fourth-order valence-corrected chi connectivity index (χ4v) is 2.18. The third-order valence-electron chi connectivity index (χ3n) is 2.58. The summed E-state index contributed by atoms with van der Waals surface area (Å²) < 4.78 is 38.0. The quantitative estimate of drug-likeness (QED) is 0.815. The van der Waals surface area contributed by atoms with Gasteiger partial charge in [0.15, 0.2) is 0 Å². The van der Waals surface area contributed by atoms with Gasteiger partial charge in [0.2, 0.25) is 11.8 Å². The number of anilines is 1. The Bertz CT molecular complexity index is 545. The number of halogens is 4. The first-order valence-corrected chi connectivity index (χ1v) is 6.03. The van der Waals surface area contributed by atoms with E-state index in [1.807, 2.05) is 0 Å². The molecule has 2 amide bonds. The number of hydrogen-bond donors (Lipinski definition) is 2. The van der Waals surface area contributed by atoms with Crippen molar-refractivity contribution in [2.45, 2.75) is 18.6 Å². The molecular weight excluding hydrogens is 329 g/mol. The van der Waals surface area contributed by atoms with Gasteiger partial charge in [-0.2, -0.15) is 13.2 Å². The van der Waals surface area contributed by atoms with Crippen LogP contribution in [0, 0.1) is 0 Å². The van der Waals surface area contributed by atoms with Crippen LogP contribution in [0.25, 0.3) is 0 Å². The highest BCUT2D eigenvalue weighted by atomic mass is 79.9. The Morgan fingerprint density at radius 2 is 2.00 bits per heavy atom. The van der Waals surface area contributed by atoms with Gasteiger partial charge in [-0.25, -0.2) is 0 Å². The number of carbonyl (C=O) groups excluding carboxylic acids is 2. The first-order valence-electron chi connectivity index (χ1n) is 5.24. The van der Waals surface area contributed by atoms with Gasteiger partial charge >= 0.3 is 6.18 Å². The summed E-state index contributed by atoms with van der Waals surface area (Å²) in [4.78, 5) is 22.3. The van der Waals surface area contributed by atoms with Crippen molar-refractivity contribution in [3.8, 4) is 0 Å². The lowest BCUT2D eigenvalue weighted by atomic mass is 10.1. The van der Waals surface area contributed by atoms with Crippen LogP contribution >= 0.6 is 15.9 Å². The molecular formula is C11H8BrF3N2O2. The fourth-order valence-electron chi connectivity index (χ4n) is 1.70. The molecule has 0 aromatic heterocycles. The lowest BCUT2D eigenvalue weighted by molar-refractivity contribution is -0.138. The summed E-state index contributed by atoms with van der Waals surface area (Å²) in [6.07, 6.45) is -4.58. The molecule has 2 N–H and O–H groups in total. The summed E-state index contributed by atoms with van der Waals surface area (Å²) in [6.45, 7) is 0. The number of amides is 2.